The average Bonchev–Trinajstić information content (AvgIpc) is 3.26. The Balaban J connectivity index is 1.79. The fourth-order valence-corrected chi connectivity index (χ4v) is 5.32. The molecule has 1 saturated heterocycles. The van der Waals surface area contributed by atoms with E-state index in [1.807, 2.05) is 13.8 Å². The van der Waals surface area contributed by atoms with Crippen molar-refractivity contribution in [3.05, 3.63) is 47.1 Å². The summed E-state index contributed by atoms with van der Waals surface area (Å²) in [4.78, 5) is 19.0. The number of benzene rings is 1. The van der Waals surface area contributed by atoms with Crippen LogP contribution in [0, 0.1) is 0 Å². The van der Waals surface area contributed by atoms with Gasteiger partial charge in [-0.1, -0.05) is 11.6 Å². The maximum atomic E-state index is 12.8. The van der Waals surface area contributed by atoms with Crippen LogP contribution in [-0.4, -0.2) is 49.8 Å². The number of nitrogens with zero attached hydrogens (tertiary/aromatic N) is 3. The van der Waals surface area contributed by atoms with E-state index in [1.54, 1.807) is 18.2 Å². The number of carbonyl (C=O) groups excluding carboxylic acids is 1. The van der Waals surface area contributed by atoms with Gasteiger partial charge in [0.15, 0.2) is 0 Å². The summed E-state index contributed by atoms with van der Waals surface area (Å²) in [5, 5.41) is 2.87. The largest absolute Gasteiger partial charge is 0.357 e. The number of hydrogen-bond donors (Lipinski definition) is 1. The van der Waals surface area contributed by atoms with E-state index in [4.69, 9.17) is 11.6 Å². The van der Waals surface area contributed by atoms with Crippen molar-refractivity contribution < 1.29 is 13.2 Å². The molecule has 3 rings (SSSR count). The van der Waals surface area contributed by atoms with Gasteiger partial charge >= 0.3 is 0 Å². The molecule has 1 fully saturated rings. The lowest BCUT2D eigenvalue weighted by molar-refractivity contribution is 0.102. The minimum atomic E-state index is -3.68. The summed E-state index contributed by atoms with van der Waals surface area (Å²) < 4.78 is 27.1. The van der Waals surface area contributed by atoms with Crippen molar-refractivity contribution in [2.75, 3.05) is 36.4 Å². The van der Waals surface area contributed by atoms with E-state index in [0.29, 0.717) is 24.3 Å². The number of sulfonamides is 1. The Morgan fingerprint density at radius 3 is 2.45 bits per heavy atom. The molecule has 1 aromatic heterocycles. The fraction of sp³-hybridized carbons (Fsp3) is 0.400. The molecule has 0 atom stereocenters. The van der Waals surface area contributed by atoms with Crippen LogP contribution >= 0.6 is 11.6 Å². The Hall–Kier alpha value is -2.16. The predicted octanol–water partition coefficient (Wildman–Crippen LogP) is 3.62. The van der Waals surface area contributed by atoms with Crippen LogP contribution in [0.25, 0.3) is 0 Å². The van der Waals surface area contributed by atoms with Gasteiger partial charge in [0.25, 0.3) is 5.91 Å². The van der Waals surface area contributed by atoms with Gasteiger partial charge in [-0.15, -0.1) is 0 Å². The Morgan fingerprint density at radius 2 is 1.86 bits per heavy atom. The van der Waals surface area contributed by atoms with Crippen LogP contribution in [0.2, 0.25) is 5.02 Å². The molecule has 1 N–H and O–H groups in total. The minimum Gasteiger partial charge on any atom is -0.357 e. The van der Waals surface area contributed by atoms with Crippen molar-refractivity contribution in [3.8, 4) is 0 Å². The molecule has 9 heteroatoms. The molecule has 1 aliphatic heterocycles. The number of carbonyl (C=O) groups is 1. The van der Waals surface area contributed by atoms with Crippen LogP contribution in [0.3, 0.4) is 0 Å². The third kappa shape index (κ3) is 4.71. The summed E-state index contributed by atoms with van der Waals surface area (Å²) in [5.41, 5.74) is 0.754. The summed E-state index contributed by atoms with van der Waals surface area (Å²) in [6.45, 7) is 6.71. The van der Waals surface area contributed by atoms with Gasteiger partial charge in [0.1, 0.15) is 10.7 Å². The second-order valence-corrected chi connectivity index (χ2v) is 9.10. The molecule has 0 spiro atoms. The quantitative estimate of drug-likeness (QED) is 0.716. The number of halogens is 1. The highest BCUT2D eigenvalue weighted by Crippen LogP contribution is 2.29. The zero-order chi connectivity index (χ0) is 21.0. The van der Waals surface area contributed by atoms with E-state index in [2.05, 4.69) is 15.2 Å². The number of rotatable bonds is 7. The van der Waals surface area contributed by atoms with Gasteiger partial charge in [-0.05, 0) is 57.0 Å². The first-order valence-corrected chi connectivity index (χ1v) is 11.5. The van der Waals surface area contributed by atoms with Gasteiger partial charge in [-0.3, -0.25) is 4.79 Å². The van der Waals surface area contributed by atoms with Crippen molar-refractivity contribution in [2.45, 2.75) is 31.6 Å². The second kappa shape index (κ2) is 9.11. The highest BCUT2D eigenvalue weighted by Gasteiger charge is 2.29. The van der Waals surface area contributed by atoms with Crippen LogP contribution in [-0.2, 0) is 10.0 Å². The summed E-state index contributed by atoms with van der Waals surface area (Å²) in [7, 11) is -3.68. The van der Waals surface area contributed by atoms with E-state index in [-0.39, 0.29) is 15.8 Å². The standard InChI is InChI=1S/C20H25ClN4O3S/c1-3-24(4-2)19-10-7-15(14-22-19)20(26)23-16-8-9-17(21)18(13-16)29(27,28)25-11-5-6-12-25/h7-10,13-14H,3-6,11-12H2,1-2H3,(H,23,26). The van der Waals surface area contributed by atoms with E-state index in [1.165, 1.54) is 22.6 Å². The van der Waals surface area contributed by atoms with Crippen molar-refractivity contribution in [2.24, 2.45) is 0 Å². The van der Waals surface area contributed by atoms with E-state index in [0.717, 1.165) is 31.7 Å². The Morgan fingerprint density at radius 1 is 1.17 bits per heavy atom. The molecular formula is C20H25ClN4O3S. The van der Waals surface area contributed by atoms with Gasteiger partial charge in [0.2, 0.25) is 10.0 Å². The van der Waals surface area contributed by atoms with Gasteiger partial charge in [0, 0.05) is 38.1 Å². The molecule has 29 heavy (non-hydrogen) atoms. The highest BCUT2D eigenvalue weighted by molar-refractivity contribution is 7.89. The molecule has 0 unspecified atom stereocenters. The molecule has 0 saturated carbocycles. The monoisotopic (exact) mass is 436 g/mol. The number of pyridine rings is 1. The summed E-state index contributed by atoms with van der Waals surface area (Å²) in [5.74, 6) is 0.437. The Bertz CT molecular complexity index is 970. The van der Waals surface area contributed by atoms with Crippen molar-refractivity contribution in [1.29, 1.82) is 0 Å². The van der Waals surface area contributed by atoms with E-state index < -0.39 is 10.0 Å². The summed E-state index contributed by atoms with van der Waals surface area (Å²) in [6.07, 6.45) is 3.19. The third-order valence-corrected chi connectivity index (χ3v) is 7.35. The summed E-state index contributed by atoms with van der Waals surface area (Å²) >= 11 is 6.15. The van der Waals surface area contributed by atoms with Crippen molar-refractivity contribution in [1.82, 2.24) is 9.29 Å². The molecule has 0 aliphatic carbocycles. The molecule has 1 aliphatic rings. The van der Waals surface area contributed by atoms with Crippen molar-refractivity contribution in [3.63, 3.8) is 0 Å². The highest BCUT2D eigenvalue weighted by atomic mass is 35.5. The third-order valence-electron chi connectivity index (χ3n) is 4.97. The Labute approximate surface area is 176 Å². The average molecular weight is 437 g/mol. The first-order valence-electron chi connectivity index (χ1n) is 9.69. The van der Waals surface area contributed by atoms with Gasteiger partial charge < -0.3 is 10.2 Å². The molecule has 1 amide bonds. The van der Waals surface area contributed by atoms with Crippen LogP contribution in [0.15, 0.2) is 41.4 Å². The topological polar surface area (TPSA) is 82.6 Å². The van der Waals surface area contributed by atoms with Gasteiger partial charge in [0.05, 0.1) is 10.6 Å². The number of aromatic nitrogens is 1. The normalized spacial score (nSPS) is 14.7. The summed E-state index contributed by atoms with van der Waals surface area (Å²) in [6, 6.07) is 7.98. The van der Waals surface area contributed by atoms with Crippen LogP contribution < -0.4 is 10.2 Å². The zero-order valence-corrected chi connectivity index (χ0v) is 18.1. The van der Waals surface area contributed by atoms with Crippen molar-refractivity contribution >= 4 is 39.0 Å². The lowest BCUT2D eigenvalue weighted by atomic mass is 10.2. The molecule has 1 aromatic carbocycles. The van der Waals surface area contributed by atoms with E-state index >= 15 is 0 Å². The minimum absolute atomic E-state index is 0.00822. The first kappa shape index (κ1) is 21.5. The Kier molecular flexibility index (Phi) is 6.77. The second-order valence-electron chi connectivity index (χ2n) is 6.79. The van der Waals surface area contributed by atoms with E-state index in [9.17, 15) is 13.2 Å². The molecular weight excluding hydrogens is 412 g/mol. The van der Waals surface area contributed by atoms with Crippen LogP contribution in [0.4, 0.5) is 11.5 Å². The molecule has 7 nitrogen and oxygen atoms in total. The number of amides is 1. The maximum Gasteiger partial charge on any atom is 0.257 e. The number of anilines is 2. The molecule has 2 heterocycles. The number of hydrogen-bond acceptors (Lipinski definition) is 5. The number of nitrogens with one attached hydrogen (secondary N) is 1. The molecule has 0 bridgehead atoms. The zero-order valence-electron chi connectivity index (χ0n) is 16.6. The van der Waals surface area contributed by atoms with Gasteiger partial charge in [-0.25, -0.2) is 13.4 Å². The molecule has 0 radical (unpaired) electrons. The molecule has 156 valence electrons. The SMILES string of the molecule is CCN(CC)c1ccc(C(=O)Nc2ccc(Cl)c(S(=O)(=O)N3CCCC3)c2)cn1. The lowest BCUT2D eigenvalue weighted by Crippen LogP contribution is -2.28. The lowest BCUT2D eigenvalue weighted by Gasteiger charge is -2.19. The molecule has 2 aromatic rings. The smallest absolute Gasteiger partial charge is 0.257 e. The van der Waals surface area contributed by atoms with Crippen LogP contribution in [0.5, 0.6) is 0 Å². The maximum absolute atomic E-state index is 12.8. The van der Waals surface area contributed by atoms with Crippen LogP contribution in [0.1, 0.15) is 37.0 Å². The fourth-order valence-electron chi connectivity index (χ4n) is 3.30. The first-order chi connectivity index (χ1) is 13.9. The predicted molar refractivity (Wildman–Crippen MR) is 115 cm³/mol. The van der Waals surface area contributed by atoms with Gasteiger partial charge in [-0.2, -0.15) is 4.31 Å².